The summed E-state index contributed by atoms with van der Waals surface area (Å²) in [5.74, 6) is -1.06. The van der Waals surface area contributed by atoms with Crippen molar-refractivity contribution in [3.63, 3.8) is 0 Å². The molecule has 13 heavy (non-hydrogen) atoms. The highest BCUT2D eigenvalue weighted by molar-refractivity contribution is 5.89. The second-order valence-electron chi connectivity index (χ2n) is 2.52. The van der Waals surface area contributed by atoms with Crippen LogP contribution in [0.1, 0.15) is 35.2 Å². The first-order chi connectivity index (χ1) is 6.15. The maximum atomic E-state index is 11.2. The summed E-state index contributed by atoms with van der Waals surface area (Å²) in [7, 11) is 0. The Labute approximate surface area is 74.7 Å². The van der Waals surface area contributed by atoms with Gasteiger partial charge in [-0.3, -0.25) is 9.59 Å². The normalized spacial score (nSPS) is 9.92. The van der Waals surface area contributed by atoms with Gasteiger partial charge in [-0.05, 0) is 6.42 Å². The Bertz CT molecular complexity index is 331. The van der Waals surface area contributed by atoms with Gasteiger partial charge in [-0.2, -0.15) is 4.68 Å². The lowest BCUT2D eigenvalue weighted by atomic mass is 10.3. The van der Waals surface area contributed by atoms with Gasteiger partial charge in [0.25, 0.3) is 5.91 Å². The maximum Gasteiger partial charge on any atom is 0.288 e. The molecule has 0 radical (unpaired) electrons. The van der Waals surface area contributed by atoms with Crippen molar-refractivity contribution in [1.29, 1.82) is 0 Å². The number of hydrogen-bond donors (Lipinski definition) is 1. The van der Waals surface area contributed by atoms with Gasteiger partial charge in [0, 0.05) is 6.42 Å². The zero-order valence-corrected chi connectivity index (χ0v) is 7.23. The number of nitrogens with zero attached hydrogens (tertiary/aromatic N) is 3. The van der Waals surface area contributed by atoms with Crippen LogP contribution in [-0.2, 0) is 0 Å². The van der Waals surface area contributed by atoms with Crippen LogP contribution < -0.4 is 5.73 Å². The quantitative estimate of drug-likeness (QED) is 0.701. The Hall–Kier alpha value is -1.72. The van der Waals surface area contributed by atoms with Crippen LogP contribution in [0.2, 0.25) is 0 Å². The number of hydrogen-bond acceptors (Lipinski definition) is 4. The van der Waals surface area contributed by atoms with Crippen LogP contribution in [0.25, 0.3) is 0 Å². The molecule has 0 unspecified atom stereocenters. The van der Waals surface area contributed by atoms with Crippen LogP contribution in [0.5, 0.6) is 0 Å². The third kappa shape index (κ3) is 2.11. The highest BCUT2D eigenvalue weighted by Crippen LogP contribution is 1.94. The molecular weight excluding hydrogens is 172 g/mol. The second kappa shape index (κ2) is 3.79. The average Bonchev–Trinajstić information content (AvgIpc) is 2.52. The molecule has 0 atom stereocenters. The van der Waals surface area contributed by atoms with Crippen molar-refractivity contribution in [3.8, 4) is 0 Å². The first-order valence-corrected chi connectivity index (χ1v) is 3.89. The van der Waals surface area contributed by atoms with E-state index in [1.807, 2.05) is 6.92 Å². The highest BCUT2D eigenvalue weighted by atomic mass is 16.2. The monoisotopic (exact) mass is 182 g/mol. The summed E-state index contributed by atoms with van der Waals surface area (Å²) in [6.07, 6.45) is 2.30. The van der Waals surface area contributed by atoms with E-state index in [4.69, 9.17) is 5.73 Å². The number of primary amides is 1. The number of nitrogens with two attached hydrogens (primary N) is 1. The van der Waals surface area contributed by atoms with Crippen molar-refractivity contribution in [2.45, 2.75) is 19.8 Å². The summed E-state index contributed by atoms with van der Waals surface area (Å²) in [5, 5.41) is 3.61. The Morgan fingerprint density at radius 1 is 1.62 bits per heavy atom. The Kier molecular flexibility index (Phi) is 2.73. The lowest BCUT2D eigenvalue weighted by Crippen LogP contribution is -2.16. The lowest BCUT2D eigenvalue weighted by Gasteiger charge is -1.94. The fraction of sp³-hybridized carbons (Fsp3) is 0.429. The van der Waals surface area contributed by atoms with Crippen molar-refractivity contribution in [2.75, 3.05) is 0 Å². The van der Waals surface area contributed by atoms with Crippen molar-refractivity contribution < 1.29 is 9.59 Å². The molecule has 0 aliphatic rings. The van der Waals surface area contributed by atoms with Crippen molar-refractivity contribution in [1.82, 2.24) is 14.8 Å². The second-order valence-corrected chi connectivity index (χ2v) is 2.52. The summed E-state index contributed by atoms with van der Waals surface area (Å²) in [5.41, 5.74) is 4.91. The van der Waals surface area contributed by atoms with Gasteiger partial charge < -0.3 is 5.73 Å². The molecule has 1 aromatic rings. The van der Waals surface area contributed by atoms with Crippen LogP contribution in [0, 0.1) is 0 Å². The van der Waals surface area contributed by atoms with Gasteiger partial charge in [-0.1, -0.05) is 6.92 Å². The molecule has 6 heteroatoms. The molecule has 1 heterocycles. The number of carbonyl (C=O) groups excluding carboxylic acids is 2. The number of rotatable bonds is 3. The van der Waals surface area contributed by atoms with Crippen molar-refractivity contribution in [3.05, 3.63) is 12.2 Å². The summed E-state index contributed by atoms with van der Waals surface area (Å²) in [6.45, 7) is 1.88. The standard InChI is InChI=1S/C7H10N4O2/c1-2-3-5(12)11-4-9-7(10-11)6(8)13/h4H,2-3H2,1H3,(H2,8,13). The molecular formula is C7H10N4O2. The molecule has 1 amide bonds. The van der Waals surface area contributed by atoms with E-state index < -0.39 is 5.91 Å². The smallest absolute Gasteiger partial charge is 0.288 e. The lowest BCUT2D eigenvalue weighted by molar-refractivity contribution is 0.0885. The van der Waals surface area contributed by atoms with E-state index in [1.54, 1.807) is 0 Å². The molecule has 0 fully saturated rings. The van der Waals surface area contributed by atoms with Gasteiger partial charge in [0.05, 0.1) is 0 Å². The summed E-state index contributed by atoms with van der Waals surface area (Å²) >= 11 is 0. The fourth-order valence-electron chi connectivity index (χ4n) is 0.825. The zero-order chi connectivity index (χ0) is 9.84. The SMILES string of the molecule is CCCC(=O)n1cnc(C(N)=O)n1. The zero-order valence-electron chi connectivity index (χ0n) is 7.23. The molecule has 0 aliphatic heterocycles. The molecule has 1 rings (SSSR count). The minimum absolute atomic E-state index is 0.135. The Morgan fingerprint density at radius 2 is 2.31 bits per heavy atom. The molecule has 6 nitrogen and oxygen atoms in total. The van der Waals surface area contributed by atoms with Gasteiger partial charge >= 0.3 is 0 Å². The van der Waals surface area contributed by atoms with Gasteiger partial charge in [-0.25, -0.2) is 4.98 Å². The van der Waals surface area contributed by atoms with Crippen LogP contribution in [0.4, 0.5) is 0 Å². The average molecular weight is 182 g/mol. The van der Waals surface area contributed by atoms with E-state index in [0.29, 0.717) is 6.42 Å². The Balaban J connectivity index is 2.79. The largest absolute Gasteiger partial charge is 0.363 e. The van der Waals surface area contributed by atoms with Crippen molar-refractivity contribution >= 4 is 11.8 Å². The predicted molar refractivity (Wildman–Crippen MR) is 44.1 cm³/mol. The van der Waals surface area contributed by atoms with E-state index in [0.717, 1.165) is 11.1 Å². The molecule has 0 aliphatic carbocycles. The molecule has 2 N–H and O–H groups in total. The molecule has 0 spiro atoms. The number of amides is 1. The van der Waals surface area contributed by atoms with Crippen LogP contribution in [0.3, 0.4) is 0 Å². The van der Waals surface area contributed by atoms with E-state index in [2.05, 4.69) is 10.1 Å². The minimum Gasteiger partial charge on any atom is -0.363 e. The predicted octanol–water partition coefficient (Wildman–Crippen LogP) is -0.183. The third-order valence-electron chi connectivity index (χ3n) is 1.43. The summed E-state index contributed by atoms with van der Waals surface area (Å²) < 4.78 is 1.03. The Morgan fingerprint density at radius 3 is 2.77 bits per heavy atom. The molecule has 0 saturated heterocycles. The van der Waals surface area contributed by atoms with Crippen LogP contribution in [0.15, 0.2) is 6.33 Å². The maximum absolute atomic E-state index is 11.2. The molecule has 0 aromatic carbocycles. The van der Waals surface area contributed by atoms with Gasteiger partial charge in [0.1, 0.15) is 6.33 Å². The molecule has 1 aromatic heterocycles. The molecule has 0 bridgehead atoms. The van der Waals surface area contributed by atoms with E-state index in [9.17, 15) is 9.59 Å². The molecule has 0 saturated carbocycles. The van der Waals surface area contributed by atoms with Gasteiger partial charge in [0.15, 0.2) is 0 Å². The highest BCUT2D eigenvalue weighted by Gasteiger charge is 2.10. The van der Waals surface area contributed by atoms with Crippen LogP contribution in [-0.4, -0.2) is 26.6 Å². The van der Waals surface area contributed by atoms with Crippen LogP contribution >= 0.6 is 0 Å². The third-order valence-corrected chi connectivity index (χ3v) is 1.43. The van der Waals surface area contributed by atoms with Gasteiger partial charge in [0.2, 0.25) is 11.7 Å². The number of aromatic nitrogens is 3. The fourth-order valence-corrected chi connectivity index (χ4v) is 0.825. The minimum atomic E-state index is -0.733. The topological polar surface area (TPSA) is 90.9 Å². The van der Waals surface area contributed by atoms with Crippen molar-refractivity contribution in [2.24, 2.45) is 5.73 Å². The summed E-state index contributed by atoms with van der Waals surface area (Å²) in [6, 6.07) is 0. The van der Waals surface area contributed by atoms with E-state index in [1.165, 1.54) is 6.33 Å². The first-order valence-electron chi connectivity index (χ1n) is 3.89. The first kappa shape index (κ1) is 9.37. The molecule has 70 valence electrons. The number of carbonyl (C=O) groups is 2. The van der Waals surface area contributed by atoms with Gasteiger partial charge in [-0.15, -0.1) is 5.10 Å². The van der Waals surface area contributed by atoms with E-state index >= 15 is 0 Å². The van der Waals surface area contributed by atoms with E-state index in [-0.39, 0.29) is 11.7 Å². The summed E-state index contributed by atoms with van der Waals surface area (Å²) in [4.78, 5) is 25.3.